The fraction of sp³-hybridized carbons (Fsp3) is 0.235. The Kier molecular flexibility index (Phi) is 4.13. The number of aromatic nitrogens is 2. The molecule has 0 fully saturated rings. The van der Waals surface area contributed by atoms with Crippen LogP contribution in [-0.2, 0) is 6.42 Å². The van der Waals surface area contributed by atoms with Crippen molar-refractivity contribution in [3.8, 4) is 0 Å². The van der Waals surface area contributed by atoms with Gasteiger partial charge < -0.3 is 9.55 Å². The van der Waals surface area contributed by atoms with E-state index in [1.165, 1.54) is 5.56 Å². The lowest BCUT2D eigenvalue weighted by atomic mass is 10.1. The Morgan fingerprint density at radius 2 is 1.90 bits per heavy atom. The van der Waals surface area contributed by atoms with Gasteiger partial charge in [0.1, 0.15) is 0 Å². The van der Waals surface area contributed by atoms with Gasteiger partial charge in [-0.1, -0.05) is 48.0 Å². The standard InChI is InChI=1S/C17H17ClN2S/c1-12(10-11-13-6-3-2-4-7-13)20-15-9-5-8-14(18)16(15)19-17(20)21/h2-9,12H,10-11H2,1H3,(H,19,21). The van der Waals surface area contributed by atoms with Gasteiger partial charge in [-0.3, -0.25) is 0 Å². The first-order chi connectivity index (χ1) is 10.2. The minimum atomic E-state index is 0.324. The van der Waals surface area contributed by atoms with Crippen LogP contribution >= 0.6 is 23.8 Å². The number of hydrogen-bond donors (Lipinski definition) is 1. The molecule has 1 atom stereocenters. The fourth-order valence-corrected chi connectivity index (χ4v) is 3.30. The SMILES string of the molecule is CC(CCc1ccccc1)n1c(=S)[nH]c2c(Cl)cccc21. The number of nitrogens with one attached hydrogen (secondary N) is 1. The van der Waals surface area contributed by atoms with Gasteiger partial charge in [-0.05, 0) is 49.7 Å². The molecular formula is C17H17ClN2S. The molecule has 3 rings (SSSR count). The summed E-state index contributed by atoms with van der Waals surface area (Å²) in [6.45, 7) is 2.20. The number of para-hydroxylation sites is 1. The van der Waals surface area contributed by atoms with Crippen molar-refractivity contribution in [2.45, 2.75) is 25.8 Å². The second kappa shape index (κ2) is 6.04. The molecule has 0 amide bonds. The normalized spacial score (nSPS) is 12.7. The number of hydrogen-bond acceptors (Lipinski definition) is 1. The molecule has 1 aromatic heterocycles. The number of halogens is 1. The lowest BCUT2D eigenvalue weighted by Gasteiger charge is -2.14. The van der Waals surface area contributed by atoms with E-state index in [1.54, 1.807) is 0 Å². The van der Waals surface area contributed by atoms with Crippen molar-refractivity contribution in [1.82, 2.24) is 9.55 Å². The Labute approximate surface area is 134 Å². The second-order valence-electron chi connectivity index (χ2n) is 5.31. The molecule has 3 aromatic rings. The summed E-state index contributed by atoms with van der Waals surface area (Å²) < 4.78 is 2.90. The minimum absolute atomic E-state index is 0.324. The summed E-state index contributed by atoms with van der Waals surface area (Å²) in [5.74, 6) is 0. The Morgan fingerprint density at radius 3 is 2.67 bits per heavy atom. The summed E-state index contributed by atoms with van der Waals surface area (Å²) >= 11 is 11.7. The molecule has 1 heterocycles. The highest BCUT2D eigenvalue weighted by atomic mass is 35.5. The van der Waals surface area contributed by atoms with Gasteiger partial charge in [0.05, 0.1) is 16.1 Å². The molecule has 0 radical (unpaired) electrons. The Morgan fingerprint density at radius 1 is 1.14 bits per heavy atom. The molecule has 1 N–H and O–H groups in total. The number of rotatable bonds is 4. The van der Waals surface area contributed by atoms with Gasteiger partial charge in [0.25, 0.3) is 0 Å². The lowest BCUT2D eigenvalue weighted by Crippen LogP contribution is -2.06. The molecule has 0 aliphatic carbocycles. The predicted molar refractivity (Wildman–Crippen MR) is 91.6 cm³/mol. The fourth-order valence-electron chi connectivity index (χ4n) is 2.70. The molecular weight excluding hydrogens is 300 g/mol. The summed E-state index contributed by atoms with van der Waals surface area (Å²) in [5, 5.41) is 0.715. The minimum Gasteiger partial charge on any atom is -0.329 e. The number of aromatic amines is 1. The van der Waals surface area contributed by atoms with E-state index in [1.807, 2.05) is 18.2 Å². The maximum Gasteiger partial charge on any atom is 0.178 e. The molecule has 0 aliphatic rings. The van der Waals surface area contributed by atoms with Crippen molar-refractivity contribution >= 4 is 34.9 Å². The third-order valence-electron chi connectivity index (χ3n) is 3.84. The molecule has 0 bridgehead atoms. The first kappa shape index (κ1) is 14.4. The van der Waals surface area contributed by atoms with Gasteiger partial charge in [0.15, 0.2) is 4.77 Å². The van der Waals surface area contributed by atoms with Gasteiger partial charge in [-0.25, -0.2) is 0 Å². The number of H-pyrrole nitrogens is 1. The third-order valence-corrected chi connectivity index (χ3v) is 4.45. The first-order valence-electron chi connectivity index (χ1n) is 7.09. The van der Waals surface area contributed by atoms with E-state index in [4.69, 9.17) is 23.8 Å². The summed E-state index contributed by atoms with van der Waals surface area (Å²) in [5.41, 5.74) is 3.36. The quantitative estimate of drug-likeness (QED) is 0.626. The van der Waals surface area contributed by atoms with Gasteiger partial charge in [0, 0.05) is 6.04 Å². The average molecular weight is 317 g/mol. The van der Waals surface area contributed by atoms with Crippen LogP contribution in [-0.4, -0.2) is 9.55 Å². The molecule has 0 saturated carbocycles. The van der Waals surface area contributed by atoms with E-state index in [2.05, 4.69) is 46.8 Å². The highest BCUT2D eigenvalue weighted by molar-refractivity contribution is 7.71. The molecule has 0 aliphatic heterocycles. The summed E-state index contributed by atoms with van der Waals surface area (Å²) in [4.78, 5) is 3.22. The van der Waals surface area contributed by atoms with E-state index in [0.29, 0.717) is 11.1 Å². The largest absolute Gasteiger partial charge is 0.329 e. The molecule has 1 unspecified atom stereocenters. The Bertz CT molecular complexity index is 805. The van der Waals surface area contributed by atoms with Crippen LogP contribution in [0.4, 0.5) is 0 Å². The van der Waals surface area contributed by atoms with Crippen LogP contribution in [0, 0.1) is 4.77 Å². The van der Waals surface area contributed by atoms with Crippen molar-refractivity contribution in [2.24, 2.45) is 0 Å². The third kappa shape index (κ3) is 2.89. The number of fused-ring (bicyclic) bond motifs is 1. The molecule has 0 saturated heterocycles. The van der Waals surface area contributed by atoms with Crippen LogP contribution in [0.5, 0.6) is 0 Å². The van der Waals surface area contributed by atoms with E-state index < -0.39 is 0 Å². The van der Waals surface area contributed by atoms with Gasteiger partial charge in [-0.15, -0.1) is 0 Å². The van der Waals surface area contributed by atoms with Crippen LogP contribution in [0.3, 0.4) is 0 Å². The van der Waals surface area contributed by atoms with Crippen molar-refractivity contribution in [2.75, 3.05) is 0 Å². The van der Waals surface area contributed by atoms with Crippen molar-refractivity contribution in [3.05, 3.63) is 63.9 Å². The summed E-state index contributed by atoms with van der Waals surface area (Å²) in [7, 11) is 0. The molecule has 108 valence electrons. The molecule has 2 aromatic carbocycles. The van der Waals surface area contributed by atoms with Crippen LogP contribution in [0.15, 0.2) is 48.5 Å². The Balaban J connectivity index is 1.88. The maximum atomic E-state index is 6.23. The zero-order valence-corrected chi connectivity index (χ0v) is 13.4. The topological polar surface area (TPSA) is 20.7 Å². The number of aryl methyl sites for hydroxylation is 1. The van der Waals surface area contributed by atoms with Crippen LogP contribution < -0.4 is 0 Å². The highest BCUT2D eigenvalue weighted by Gasteiger charge is 2.12. The van der Waals surface area contributed by atoms with Crippen LogP contribution in [0.25, 0.3) is 11.0 Å². The monoisotopic (exact) mass is 316 g/mol. The summed E-state index contributed by atoms with van der Waals surface area (Å²) in [6.07, 6.45) is 2.08. The average Bonchev–Trinajstić information content (AvgIpc) is 2.84. The van der Waals surface area contributed by atoms with E-state index in [9.17, 15) is 0 Å². The molecule has 0 spiro atoms. The maximum absolute atomic E-state index is 6.23. The molecule has 2 nitrogen and oxygen atoms in total. The lowest BCUT2D eigenvalue weighted by molar-refractivity contribution is 0.514. The summed E-state index contributed by atoms with van der Waals surface area (Å²) in [6, 6.07) is 16.8. The van der Waals surface area contributed by atoms with E-state index >= 15 is 0 Å². The smallest absolute Gasteiger partial charge is 0.178 e. The van der Waals surface area contributed by atoms with Gasteiger partial charge in [-0.2, -0.15) is 0 Å². The predicted octanol–water partition coefficient (Wildman–Crippen LogP) is 5.55. The van der Waals surface area contributed by atoms with Crippen LogP contribution in [0.2, 0.25) is 5.02 Å². The van der Waals surface area contributed by atoms with Crippen molar-refractivity contribution < 1.29 is 0 Å². The van der Waals surface area contributed by atoms with E-state index in [-0.39, 0.29) is 0 Å². The van der Waals surface area contributed by atoms with Crippen molar-refractivity contribution in [1.29, 1.82) is 0 Å². The van der Waals surface area contributed by atoms with Gasteiger partial charge in [0.2, 0.25) is 0 Å². The zero-order valence-electron chi connectivity index (χ0n) is 11.8. The van der Waals surface area contributed by atoms with Crippen molar-refractivity contribution in [3.63, 3.8) is 0 Å². The zero-order chi connectivity index (χ0) is 14.8. The van der Waals surface area contributed by atoms with Gasteiger partial charge >= 0.3 is 0 Å². The molecule has 4 heteroatoms. The molecule has 21 heavy (non-hydrogen) atoms. The highest BCUT2D eigenvalue weighted by Crippen LogP contribution is 2.27. The first-order valence-corrected chi connectivity index (χ1v) is 7.88. The van der Waals surface area contributed by atoms with Crippen LogP contribution in [0.1, 0.15) is 24.9 Å². The second-order valence-corrected chi connectivity index (χ2v) is 6.10. The number of imidazole rings is 1. The number of benzene rings is 2. The number of nitrogens with zero attached hydrogens (tertiary/aromatic N) is 1. The Hall–Kier alpha value is -1.58. The van der Waals surface area contributed by atoms with E-state index in [0.717, 1.165) is 28.6 Å².